The van der Waals surface area contributed by atoms with E-state index in [9.17, 15) is 10.1 Å². The predicted molar refractivity (Wildman–Crippen MR) is 80.4 cm³/mol. The molecule has 0 heterocycles. The van der Waals surface area contributed by atoms with Crippen molar-refractivity contribution < 1.29 is 9.66 Å². The minimum Gasteiger partial charge on any atom is -0.486 e. The molecule has 0 spiro atoms. The maximum atomic E-state index is 11.1. The molecule has 0 radical (unpaired) electrons. The summed E-state index contributed by atoms with van der Waals surface area (Å²) in [6.07, 6.45) is 1.09. The number of aryl methyl sites for hydroxylation is 2. The van der Waals surface area contributed by atoms with Crippen LogP contribution in [0.2, 0.25) is 0 Å². The summed E-state index contributed by atoms with van der Waals surface area (Å²) in [5, 5.41) is 14.4. The highest BCUT2D eigenvalue weighted by Gasteiger charge is 2.19. The van der Waals surface area contributed by atoms with Crippen molar-refractivity contribution in [3.05, 3.63) is 33.4 Å². The van der Waals surface area contributed by atoms with Gasteiger partial charge in [0.15, 0.2) is 5.75 Å². The molecule has 1 atom stereocenters. The quantitative estimate of drug-likeness (QED) is 0.451. The third-order valence-electron chi connectivity index (χ3n) is 3.03. The molecule has 0 fully saturated rings. The molecule has 0 aliphatic carbocycles. The molecule has 20 heavy (non-hydrogen) atoms. The van der Waals surface area contributed by atoms with E-state index in [1.807, 2.05) is 19.9 Å². The normalized spacial score (nSPS) is 12.2. The van der Waals surface area contributed by atoms with E-state index in [4.69, 9.17) is 4.74 Å². The minimum atomic E-state index is -0.380. The minimum absolute atomic E-state index is 0.0521. The van der Waals surface area contributed by atoms with Gasteiger partial charge >= 0.3 is 5.69 Å². The Bertz CT molecular complexity index is 461. The number of rotatable bonds is 8. The van der Waals surface area contributed by atoms with Gasteiger partial charge in [0.2, 0.25) is 0 Å². The molecular formula is C15H24N2O3. The van der Waals surface area contributed by atoms with Crippen molar-refractivity contribution in [2.24, 2.45) is 5.92 Å². The maximum Gasteiger partial charge on any atom is 0.311 e. The highest BCUT2D eigenvalue weighted by molar-refractivity contribution is 5.53. The van der Waals surface area contributed by atoms with Crippen LogP contribution in [-0.2, 0) is 0 Å². The highest BCUT2D eigenvalue weighted by atomic mass is 16.6. The summed E-state index contributed by atoms with van der Waals surface area (Å²) in [5.41, 5.74) is 1.74. The first-order valence-corrected chi connectivity index (χ1v) is 7.04. The van der Waals surface area contributed by atoms with Crippen molar-refractivity contribution >= 4 is 5.69 Å². The SMILES string of the molecule is CCCNCC(C)COc1c(C)cc(C)cc1[N+](=O)[O-]. The third-order valence-corrected chi connectivity index (χ3v) is 3.03. The van der Waals surface area contributed by atoms with Crippen LogP contribution < -0.4 is 10.1 Å². The lowest BCUT2D eigenvalue weighted by Gasteiger charge is -2.15. The zero-order valence-corrected chi connectivity index (χ0v) is 12.7. The molecule has 0 bridgehead atoms. The number of benzene rings is 1. The molecular weight excluding hydrogens is 256 g/mol. The zero-order valence-electron chi connectivity index (χ0n) is 12.7. The molecule has 5 heteroatoms. The van der Waals surface area contributed by atoms with Crippen molar-refractivity contribution in [1.29, 1.82) is 0 Å². The van der Waals surface area contributed by atoms with E-state index in [2.05, 4.69) is 19.2 Å². The fraction of sp³-hybridized carbons (Fsp3) is 0.600. The Kier molecular flexibility index (Phi) is 6.45. The van der Waals surface area contributed by atoms with Gasteiger partial charge < -0.3 is 10.1 Å². The van der Waals surface area contributed by atoms with Crippen LogP contribution in [0.15, 0.2) is 12.1 Å². The Labute approximate surface area is 120 Å². The van der Waals surface area contributed by atoms with Crippen molar-refractivity contribution in [1.82, 2.24) is 5.32 Å². The average Bonchev–Trinajstić information content (AvgIpc) is 2.37. The lowest BCUT2D eigenvalue weighted by Crippen LogP contribution is -2.25. The van der Waals surface area contributed by atoms with Gasteiger partial charge in [0, 0.05) is 18.5 Å². The van der Waals surface area contributed by atoms with Gasteiger partial charge in [0.05, 0.1) is 11.5 Å². The lowest BCUT2D eigenvalue weighted by atomic mass is 10.1. The van der Waals surface area contributed by atoms with Crippen LogP contribution in [0.3, 0.4) is 0 Å². The first kappa shape index (κ1) is 16.4. The van der Waals surface area contributed by atoms with Crippen LogP contribution in [0, 0.1) is 29.9 Å². The Morgan fingerprint density at radius 3 is 2.70 bits per heavy atom. The first-order valence-electron chi connectivity index (χ1n) is 7.04. The molecule has 1 unspecified atom stereocenters. The topological polar surface area (TPSA) is 64.4 Å². The number of ether oxygens (including phenoxy) is 1. The smallest absolute Gasteiger partial charge is 0.311 e. The van der Waals surface area contributed by atoms with Crippen molar-refractivity contribution in [2.75, 3.05) is 19.7 Å². The van der Waals surface area contributed by atoms with Crippen LogP contribution in [-0.4, -0.2) is 24.6 Å². The van der Waals surface area contributed by atoms with Gasteiger partial charge in [-0.05, 0) is 37.9 Å². The second-order valence-corrected chi connectivity index (χ2v) is 5.31. The Morgan fingerprint density at radius 1 is 1.40 bits per heavy atom. The van der Waals surface area contributed by atoms with Gasteiger partial charge in [-0.1, -0.05) is 19.9 Å². The maximum absolute atomic E-state index is 11.1. The van der Waals surface area contributed by atoms with Crippen LogP contribution in [0.5, 0.6) is 5.75 Å². The third kappa shape index (κ3) is 4.81. The fourth-order valence-corrected chi connectivity index (χ4v) is 2.07. The Hall–Kier alpha value is -1.62. The molecule has 1 N–H and O–H groups in total. The molecule has 112 valence electrons. The number of nitro benzene ring substituents is 1. The van der Waals surface area contributed by atoms with Crippen LogP contribution >= 0.6 is 0 Å². The van der Waals surface area contributed by atoms with Crippen LogP contribution in [0.25, 0.3) is 0 Å². The van der Waals surface area contributed by atoms with E-state index in [1.54, 1.807) is 6.07 Å². The Balaban J connectivity index is 2.70. The summed E-state index contributed by atoms with van der Waals surface area (Å²) in [6, 6.07) is 3.46. The largest absolute Gasteiger partial charge is 0.486 e. The van der Waals surface area contributed by atoms with Gasteiger partial charge in [0.1, 0.15) is 0 Å². The van der Waals surface area contributed by atoms with E-state index >= 15 is 0 Å². The van der Waals surface area contributed by atoms with Gasteiger partial charge in [-0.15, -0.1) is 0 Å². The van der Waals surface area contributed by atoms with Gasteiger partial charge in [0.25, 0.3) is 0 Å². The number of hydrogen-bond donors (Lipinski definition) is 1. The predicted octanol–water partition coefficient (Wildman–Crippen LogP) is 3.23. The van der Waals surface area contributed by atoms with Gasteiger partial charge in [-0.3, -0.25) is 10.1 Å². The van der Waals surface area contributed by atoms with E-state index in [0.717, 1.165) is 30.6 Å². The standard InChI is InChI=1S/C15H24N2O3/c1-5-6-16-9-12(3)10-20-15-13(4)7-11(2)8-14(15)17(18)19/h7-8,12,16H,5-6,9-10H2,1-4H3. The van der Waals surface area contributed by atoms with E-state index in [0.29, 0.717) is 18.3 Å². The molecule has 0 saturated carbocycles. The summed E-state index contributed by atoms with van der Waals surface area (Å²) in [7, 11) is 0. The van der Waals surface area contributed by atoms with Crippen molar-refractivity contribution in [2.45, 2.75) is 34.1 Å². The van der Waals surface area contributed by atoms with E-state index in [1.165, 1.54) is 0 Å². The van der Waals surface area contributed by atoms with Crippen molar-refractivity contribution in [3.8, 4) is 5.75 Å². The molecule has 0 aliphatic rings. The van der Waals surface area contributed by atoms with Gasteiger partial charge in [-0.25, -0.2) is 0 Å². The van der Waals surface area contributed by atoms with Crippen LogP contribution in [0.4, 0.5) is 5.69 Å². The molecule has 0 aliphatic heterocycles. The van der Waals surface area contributed by atoms with Crippen molar-refractivity contribution in [3.63, 3.8) is 0 Å². The molecule has 0 amide bonds. The first-order chi connectivity index (χ1) is 9.45. The summed E-state index contributed by atoms with van der Waals surface area (Å²) in [5.74, 6) is 0.699. The summed E-state index contributed by atoms with van der Waals surface area (Å²) in [6.45, 7) is 10.2. The summed E-state index contributed by atoms with van der Waals surface area (Å²) >= 11 is 0. The van der Waals surface area contributed by atoms with Gasteiger partial charge in [-0.2, -0.15) is 0 Å². The summed E-state index contributed by atoms with van der Waals surface area (Å²) < 4.78 is 5.70. The molecule has 0 saturated heterocycles. The molecule has 1 aromatic rings. The lowest BCUT2D eigenvalue weighted by molar-refractivity contribution is -0.386. The van der Waals surface area contributed by atoms with Crippen LogP contribution in [0.1, 0.15) is 31.4 Å². The second-order valence-electron chi connectivity index (χ2n) is 5.31. The number of nitrogens with zero attached hydrogens (tertiary/aromatic N) is 1. The van der Waals surface area contributed by atoms with E-state index < -0.39 is 0 Å². The molecule has 1 rings (SSSR count). The highest BCUT2D eigenvalue weighted by Crippen LogP contribution is 2.32. The fourth-order valence-electron chi connectivity index (χ4n) is 2.07. The average molecular weight is 280 g/mol. The number of nitro groups is 1. The molecule has 1 aromatic carbocycles. The summed E-state index contributed by atoms with van der Waals surface area (Å²) in [4.78, 5) is 10.7. The zero-order chi connectivity index (χ0) is 15.1. The number of nitrogens with one attached hydrogen (secondary N) is 1. The molecule has 0 aromatic heterocycles. The molecule has 5 nitrogen and oxygen atoms in total. The monoisotopic (exact) mass is 280 g/mol. The Morgan fingerprint density at radius 2 is 2.10 bits per heavy atom. The number of hydrogen-bond acceptors (Lipinski definition) is 4. The van der Waals surface area contributed by atoms with E-state index in [-0.39, 0.29) is 10.6 Å². The second kappa shape index (κ2) is 7.85.